The van der Waals surface area contributed by atoms with Crippen LogP contribution in [-0.2, 0) is 9.53 Å². The fourth-order valence-electron chi connectivity index (χ4n) is 2.35. The first kappa shape index (κ1) is 13.9. The van der Waals surface area contributed by atoms with Crippen molar-refractivity contribution in [3.05, 3.63) is 24.1 Å². The Morgan fingerprint density at radius 3 is 2.89 bits per heavy atom. The third kappa shape index (κ3) is 3.27. The van der Waals surface area contributed by atoms with Crippen molar-refractivity contribution < 1.29 is 13.9 Å². The van der Waals surface area contributed by atoms with E-state index in [1.807, 2.05) is 0 Å². The molecule has 2 rings (SSSR count). The summed E-state index contributed by atoms with van der Waals surface area (Å²) in [4.78, 5) is 16.1. The van der Waals surface area contributed by atoms with Crippen LogP contribution in [0.15, 0.2) is 18.2 Å². The van der Waals surface area contributed by atoms with Crippen LogP contribution in [0.4, 0.5) is 10.2 Å². The normalized spacial score (nSPS) is 18.0. The Bertz CT molecular complexity index is 442. The summed E-state index contributed by atoms with van der Waals surface area (Å²) in [6.45, 7) is 1.90. The molecule has 0 unspecified atom stereocenters. The van der Waals surface area contributed by atoms with E-state index in [0.717, 1.165) is 13.1 Å². The highest BCUT2D eigenvalue weighted by molar-refractivity contribution is 5.94. The monoisotopic (exact) mass is 267 g/mol. The molecule has 2 heterocycles. The number of halogens is 1. The maximum atomic E-state index is 13.0. The number of carbonyl (C=O) groups is 1. The molecule has 19 heavy (non-hydrogen) atoms. The lowest BCUT2D eigenvalue weighted by molar-refractivity contribution is -0.130. The number of hydrogen-bond acceptors (Lipinski definition) is 4. The Hall–Kier alpha value is -1.53. The molecule has 1 aromatic heterocycles. The molecular formula is C13H18FN3O2. The molecular weight excluding hydrogens is 249 g/mol. The predicted octanol–water partition coefficient (Wildman–Crippen LogP) is 1.18. The van der Waals surface area contributed by atoms with E-state index in [0.29, 0.717) is 19.4 Å². The Morgan fingerprint density at radius 2 is 2.26 bits per heavy atom. The Morgan fingerprint density at radius 1 is 1.53 bits per heavy atom. The average Bonchev–Trinajstić information content (AvgIpc) is 2.40. The van der Waals surface area contributed by atoms with E-state index in [-0.39, 0.29) is 11.7 Å². The first-order valence-electron chi connectivity index (χ1n) is 6.30. The lowest BCUT2D eigenvalue weighted by Crippen LogP contribution is -2.47. The molecule has 0 aromatic carbocycles. The van der Waals surface area contributed by atoms with E-state index in [9.17, 15) is 9.18 Å². The molecule has 1 aliphatic heterocycles. The van der Waals surface area contributed by atoms with Crippen LogP contribution < -0.4 is 10.6 Å². The molecule has 104 valence electrons. The summed E-state index contributed by atoms with van der Waals surface area (Å²) in [6.07, 6.45) is 1.39. The fraction of sp³-hybridized carbons (Fsp3) is 0.538. The predicted molar refractivity (Wildman–Crippen MR) is 69.2 cm³/mol. The first-order chi connectivity index (χ1) is 9.16. The summed E-state index contributed by atoms with van der Waals surface area (Å²) < 4.78 is 18.2. The number of nitrogens with one attached hydrogen (secondary N) is 2. The summed E-state index contributed by atoms with van der Waals surface area (Å²) >= 11 is 0. The second-order valence-electron chi connectivity index (χ2n) is 4.76. The van der Waals surface area contributed by atoms with Gasteiger partial charge >= 0.3 is 0 Å². The molecule has 1 saturated heterocycles. The number of anilines is 1. The van der Waals surface area contributed by atoms with Gasteiger partial charge in [0.15, 0.2) is 0 Å². The van der Waals surface area contributed by atoms with Crippen molar-refractivity contribution in [3.63, 3.8) is 0 Å². The highest BCUT2D eigenvalue weighted by Gasteiger charge is 2.39. The smallest absolute Gasteiger partial charge is 0.234 e. The zero-order valence-corrected chi connectivity index (χ0v) is 10.9. The number of piperidine rings is 1. The van der Waals surface area contributed by atoms with Gasteiger partial charge in [-0.25, -0.2) is 4.98 Å². The van der Waals surface area contributed by atoms with Crippen molar-refractivity contribution in [2.45, 2.75) is 12.8 Å². The van der Waals surface area contributed by atoms with Crippen molar-refractivity contribution in [1.82, 2.24) is 10.3 Å². The van der Waals surface area contributed by atoms with Crippen molar-refractivity contribution in [2.24, 2.45) is 5.41 Å². The molecule has 0 atom stereocenters. The third-order valence-corrected chi connectivity index (χ3v) is 3.42. The van der Waals surface area contributed by atoms with Gasteiger partial charge in [0.1, 0.15) is 5.82 Å². The highest BCUT2D eigenvalue weighted by atomic mass is 19.1. The van der Waals surface area contributed by atoms with E-state index < -0.39 is 11.4 Å². The van der Waals surface area contributed by atoms with E-state index in [1.165, 1.54) is 12.1 Å². The van der Waals surface area contributed by atoms with Gasteiger partial charge in [-0.3, -0.25) is 4.79 Å². The summed E-state index contributed by atoms with van der Waals surface area (Å²) in [6, 6.07) is 4.33. The van der Waals surface area contributed by atoms with Gasteiger partial charge in [0.25, 0.3) is 0 Å². The minimum atomic E-state index is -0.607. The summed E-state index contributed by atoms with van der Waals surface area (Å²) in [5.74, 6) is -0.531. The van der Waals surface area contributed by atoms with Gasteiger partial charge < -0.3 is 15.4 Å². The van der Waals surface area contributed by atoms with Crippen LogP contribution in [-0.4, -0.2) is 37.7 Å². The third-order valence-electron chi connectivity index (χ3n) is 3.42. The van der Waals surface area contributed by atoms with E-state index in [1.54, 1.807) is 13.2 Å². The Labute approximate surface area is 111 Å². The second-order valence-corrected chi connectivity index (χ2v) is 4.76. The maximum Gasteiger partial charge on any atom is 0.234 e. The number of hydrogen-bond donors (Lipinski definition) is 2. The van der Waals surface area contributed by atoms with Crippen LogP contribution in [0.25, 0.3) is 0 Å². The first-order valence-corrected chi connectivity index (χ1v) is 6.30. The van der Waals surface area contributed by atoms with Crippen LogP contribution in [0, 0.1) is 11.4 Å². The SMILES string of the molecule is COCC1(C(=O)Nc2cccc(F)n2)CCNCC1. The van der Waals surface area contributed by atoms with Gasteiger partial charge in [0.05, 0.1) is 12.0 Å². The Kier molecular flexibility index (Phi) is 4.44. The van der Waals surface area contributed by atoms with Crippen LogP contribution in [0.2, 0.25) is 0 Å². The number of methoxy groups -OCH3 is 1. The van der Waals surface area contributed by atoms with Gasteiger partial charge in [-0.05, 0) is 38.1 Å². The van der Waals surface area contributed by atoms with Gasteiger partial charge in [0, 0.05) is 7.11 Å². The zero-order valence-electron chi connectivity index (χ0n) is 10.9. The summed E-state index contributed by atoms with van der Waals surface area (Å²) in [5.41, 5.74) is -0.562. The van der Waals surface area contributed by atoms with E-state index in [2.05, 4.69) is 15.6 Å². The molecule has 1 fully saturated rings. The fourth-order valence-corrected chi connectivity index (χ4v) is 2.35. The van der Waals surface area contributed by atoms with Crippen LogP contribution in [0.5, 0.6) is 0 Å². The number of aromatic nitrogens is 1. The maximum absolute atomic E-state index is 13.0. The molecule has 0 spiro atoms. The molecule has 0 radical (unpaired) electrons. The van der Waals surface area contributed by atoms with Gasteiger partial charge in [-0.2, -0.15) is 4.39 Å². The van der Waals surface area contributed by atoms with E-state index >= 15 is 0 Å². The lowest BCUT2D eigenvalue weighted by Gasteiger charge is -2.35. The second kappa shape index (κ2) is 6.08. The molecule has 5 nitrogen and oxygen atoms in total. The number of amides is 1. The number of carbonyl (C=O) groups excluding carboxylic acids is 1. The minimum Gasteiger partial charge on any atom is -0.384 e. The quantitative estimate of drug-likeness (QED) is 0.804. The van der Waals surface area contributed by atoms with Gasteiger partial charge in [-0.1, -0.05) is 6.07 Å². The number of ether oxygens (including phenoxy) is 1. The minimum absolute atomic E-state index is 0.158. The highest BCUT2D eigenvalue weighted by Crippen LogP contribution is 2.30. The average molecular weight is 267 g/mol. The standard InChI is InChI=1S/C13H18FN3O2/c1-19-9-13(5-7-15-8-6-13)12(18)17-11-4-2-3-10(14)16-11/h2-4,15H,5-9H2,1H3,(H,16,17,18). The van der Waals surface area contributed by atoms with Crippen molar-refractivity contribution >= 4 is 11.7 Å². The Balaban J connectivity index is 2.11. The summed E-state index contributed by atoms with van der Waals surface area (Å²) in [7, 11) is 1.58. The van der Waals surface area contributed by atoms with Crippen molar-refractivity contribution in [1.29, 1.82) is 0 Å². The van der Waals surface area contributed by atoms with Crippen LogP contribution in [0.3, 0.4) is 0 Å². The van der Waals surface area contributed by atoms with Crippen molar-refractivity contribution in [2.75, 3.05) is 32.1 Å². The summed E-state index contributed by atoms with van der Waals surface area (Å²) in [5, 5.41) is 5.89. The molecule has 1 aliphatic rings. The van der Waals surface area contributed by atoms with Crippen molar-refractivity contribution in [3.8, 4) is 0 Å². The topological polar surface area (TPSA) is 63.2 Å². The lowest BCUT2D eigenvalue weighted by atomic mass is 9.78. The number of pyridine rings is 1. The van der Waals surface area contributed by atoms with Gasteiger partial charge in [0.2, 0.25) is 11.9 Å². The molecule has 0 aliphatic carbocycles. The van der Waals surface area contributed by atoms with Gasteiger partial charge in [-0.15, -0.1) is 0 Å². The number of rotatable bonds is 4. The molecule has 2 N–H and O–H groups in total. The van der Waals surface area contributed by atoms with Crippen LogP contribution >= 0.6 is 0 Å². The molecule has 0 bridgehead atoms. The zero-order chi connectivity index (χ0) is 13.7. The number of nitrogens with zero attached hydrogens (tertiary/aromatic N) is 1. The largest absolute Gasteiger partial charge is 0.384 e. The van der Waals surface area contributed by atoms with E-state index in [4.69, 9.17) is 4.74 Å². The molecule has 0 saturated carbocycles. The molecule has 6 heteroatoms. The molecule has 1 amide bonds. The van der Waals surface area contributed by atoms with Crippen LogP contribution in [0.1, 0.15) is 12.8 Å². The molecule has 1 aromatic rings.